The van der Waals surface area contributed by atoms with E-state index in [1.807, 2.05) is 6.07 Å². The van der Waals surface area contributed by atoms with Crippen LogP contribution in [0.1, 0.15) is 17.7 Å². The molecule has 1 unspecified atom stereocenters. The minimum atomic E-state index is -0.140. The SMILES string of the molecule is CN(C)C1CCc2[nH]c3c(F)cccc3c2C1.Cl. The third-order valence-corrected chi connectivity index (χ3v) is 3.88. The quantitative estimate of drug-likeness (QED) is 0.842. The van der Waals surface area contributed by atoms with Crippen molar-refractivity contribution in [3.63, 3.8) is 0 Å². The van der Waals surface area contributed by atoms with Gasteiger partial charge >= 0.3 is 0 Å². The van der Waals surface area contributed by atoms with Gasteiger partial charge in [0.25, 0.3) is 0 Å². The molecule has 0 radical (unpaired) electrons. The number of para-hydroxylation sites is 1. The Morgan fingerprint density at radius 3 is 2.83 bits per heavy atom. The van der Waals surface area contributed by atoms with E-state index in [1.54, 1.807) is 6.07 Å². The average molecular weight is 269 g/mol. The number of H-pyrrole nitrogens is 1. The monoisotopic (exact) mass is 268 g/mol. The zero-order valence-corrected chi connectivity index (χ0v) is 11.5. The maximum absolute atomic E-state index is 13.7. The van der Waals surface area contributed by atoms with Crippen molar-refractivity contribution < 1.29 is 4.39 Å². The van der Waals surface area contributed by atoms with Crippen molar-refractivity contribution in [1.29, 1.82) is 0 Å². The molecule has 0 saturated heterocycles. The molecule has 0 aliphatic heterocycles. The Balaban J connectivity index is 0.00000120. The number of aromatic amines is 1. The Labute approximate surface area is 113 Å². The highest BCUT2D eigenvalue weighted by molar-refractivity contribution is 5.85. The van der Waals surface area contributed by atoms with Crippen molar-refractivity contribution in [2.45, 2.75) is 25.3 Å². The van der Waals surface area contributed by atoms with E-state index in [0.29, 0.717) is 11.6 Å². The van der Waals surface area contributed by atoms with Crippen LogP contribution < -0.4 is 0 Å². The topological polar surface area (TPSA) is 19.0 Å². The van der Waals surface area contributed by atoms with Crippen LogP contribution >= 0.6 is 12.4 Å². The van der Waals surface area contributed by atoms with Crippen molar-refractivity contribution in [2.24, 2.45) is 0 Å². The lowest BCUT2D eigenvalue weighted by Crippen LogP contribution is -2.33. The molecule has 1 aromatic heterocycles. The second kappa shape index (κ2) is 4.90. The van der Waals surface area contributed by atoms with Crippen LogP contribution in [0.5, 0.6) is 0 Å². The summed E-state index contributed by atoms with van der Waals surface area (Å²) in [6.45, 7) is 0. The van der Waals surface area contributed by atoms with Crippen LogP contribution in [0.3, 0.4) is 0 Å². The summed E-state index contributed by atoms with van der Waals surface area (Å²) in [5.41, 5.74) is 3.21. The molecule has 18 heavy (non-hydrogen) atoms. The predicted molar refractivity (Wildman–Crippen MR) is 75.0 cm³/mol. The second-order valence-corrected chi connectivity index (χ2v) is 5.10. The number of hydrogen-bond donors (Lipinski definition) is 1. The van der Waals surface area contributed by atoms with Gasteiger partial charge in [-0.25, -0.2) is 4.39 Å². The lowest BCUT2D eigenvalue weighted by Gasteiger charge is -2.28. The summed E-state index contributed by atoms with van der Waals surface area (Å²) in [5.74, 6) is -0.140. The molecule has 1 aliphatic rings. The highest BCUT2D eigenvalue weighted by atomic mass is 35.5. The molecule has 1 N–H and O–H groups in total. The maximum atomic E-state index is 13.7. The summed E-state index contributed by atoms with van der Waals surface area (Å²) < 4.78 is 13.7. The lowest BCUT2D eigenvalue weighted by molar-refractivity contribution is 0.268. The Morgan fingerprint density at radius 1 is 1.33 bits per heavy atom. The Kier molecular flexibility index (Phi) is 3.64. The average Bonchev–Trinajstić information content (AvgIpc) is 2.68. The van der Waals surface area contributed by atoms with Gasteiger partial charge in [-0.15, -0.1) is 12.4 Å². The van der Waals surface area contributed by atoms with Crippen LogP contribution in [-0.2, 0) is 12.8 Å². The zero-order valence-electron chi connectivity index (χ0n) is 10.7. The van der Waals surface area contributed by atoms with E-state index in [4.69, 9.17) is 0 Å². The van der Waals surface area contributed by atoms with Crippen molar-refractivity contribution in [3.05, 3.63) is 35.3 Å². The molecule has 1 aliphatic carbocycles. The van der Waals surface area contributed by atoms with Gasteiger partial charge in [0.15, 0.2) is 0 Å². The maximum Gasteiger partial charge on any atom is 0.147 e. The minimum absolute atomic E-state index is 0. The summed E-state index contributed by atoms with van der Waals surface area (Å²) in [6.07, 6.45) is 3.19. The normalized spacial score (nSPS) is 18.8. The van der Waals surface area contributed by atoms with E-state index >= 15 is 0 Å². The van der Waals surface area contributed by atoms with Crippen LogP contribution in [0.15, 0.2) is 18.2 Å². The third kappa shape index (κ3) is 2.02. The van der Waals surface area contributed by atoms with Crippen molar-refractivity contribution >= 4 is 23.3 Å². The first-order valence-corrected chi connectivity index (χ1v) is 6.11. The molecule has 0 bridgehead atoms. The summed E-state index contributed by atoms with van der Waals surface area (Å²) >= 11 is 0. The summed E-state index contributed by atoms with van der Waals surface area (Å²) in [6, 6.07) is 5.91. The summed E-state index contributed by atoms with van der Waals surface area (Å²) in [4.78, 5) is 5.52. The number of nitrogens with zero attached hydrogens (tertiary/aromatic N) is 1. The van der Waals surface area contributed by atoms with E-state index in [2.05, 4.69) is 24.0 Å². The van der Waals surface area contributed by atoms with E-state index < -0.39 is 0 Å². The van der Waals surface area contributed by atoms with E-state index in [9.17, 15) is 4.39 Å². The van der Waals surface area contributed by atoms with Gasteiger partial charge < -0.3 is 9.88 Å². The van der Waals surface area contributed by atoms with Crippen LogP contribution in [-0.4, -0.2) is 30.0 Å². The molecule has 1 heterocycles. The van der Waals surface area contributed by atoms with Gasteiger partial charge in [-0.05, 0) is 45.0 Å². The number of rotatable bonds is 1. The molecule has 0 amide bonds. The number of aryl methyl sites for hydroxylation is 1. The number of aromatic nitrogens is 1. The van der Waals surface area contributed by atoms with Gasteiger partial charge in [-0.2, -0.15) is 0 Å². The number of hydrogen-bond acceptors (Lipinski definition) is 1. The summed E-state index contributed by atoms with van der Waals surface area (Å²) in [5, 5.41) is 1.06. The molecule has 1 atom stereocenters. The molecule has 2 aromatic rings. The fourth-order valence-electron chi connectivity index (χ4n) is 2.83. The van der Waals surface area contributed by atoms with E-state index in [1.165, 1.54) is 17.3 Å². The number of nitrogens with one attached hydrogen (secondary N) is 1. The van der Waals surface area contributed by atoms with Crippen molar-refractivity contribution in [3.8, 4) is 0 Å². The van der Waals surface area contributed by atoms with Crippen LogP contribution in [0.2, 0.25) is 0 Å². The van der Waals surface area contributed by atoms with Gasteiger partial charge in [-0.3, -0.25) is 0 Å². The first kappa shape index (κ1) is 13.4. The first-order chi connectivity index (χ1) is 8.16. The highest BCUT2D eigenvalue weighted by Gasteiger charge is 2.24. The van der Waals surface area contributed by atoms with Crippen molar-refractivity contribution in [2.75, 3.05) is 14.1 Å². The molecule has 0 spiro atoms. The smallest absolute Gasteiger partial charge is 0.147 e. The molecule has 4 heteroatoms. The minimum Gasteiger partial charge on any atom is -0.356 e. The Hall–Kier alpha value is -1.06. The molecular formula is C14H18ClFN2. The fraction of sp³-hybridized carbons (Fsp3) is 0.429. The standard InChI is InChI=1S/C14H17FN2.ClH/c1-17(2)9-6-7-13-11(8-9)10-4-3-5-12(15)14(10)16-13;/h3-5,9,16H,6-8H2,1-2H3;1H. The van der Waals surface area contributed by atoms with Crippen LogP contribution in [0.4, 0.5) is 4.39 Å². The van der Waals surface area contributed by atoms with Gasteiger partial charge in [-0.1, -0.05) is 12.1 Å². The number of benzene rings is 1. The predicted octanol–water partition coefficient (Wildman–Crippen LogP) is 3.15. The van der Waals surface area contributed by atoms with Crippen LogP contribution in [0, 0.1) is 5.82 Å². The van der Waals surface area contributed by atoms with E-state index in [-0.39, 0.29) is 18.2 Å². The molecule has 2 nitrogen and oxygen atoms in total. The van der Waals surface area contributed by atoms with E-state index in [0.717, 1.165) is 24.6 Å². The van der Waals surface area contributed by atoms with Crippen molar-refractivity contribution in [1.82, 2.24) is 9.88 Å². The molecular weight excluding hydrogens is 251 g/mol. The highest BCUT2D eigenvalue weighted by Crippen LogP contribution is 2.31. The van der Waals surface area contributed by atoms with Crippen LogP contribution in [0.25, 0.3) is 10.9 Å². The molecule has 3 rings (SSSR count). The van der Waals surface area contributed by atoms with Gasteiger partial charge in [0.05, 0.1) is 5.52 Å². The van der Waals surface area contributed by atoms with Gasteiger partial charge in [0.1, 0.15) is 5.82 Å². The number of fused-ring (bicyclic) bond motifs is 3. The fourth-order valence-corrected chi connectivity index (χ4v) is 2.83. The molecule has 0 fully saturated rings. The largest absolute Gasteiger partial charge is 0.356 e. The van der Waals surface area contributed by atoms with Gasteiger partial charge in [0.2, 0.25) is 0 Å². The first-order valence-electron chi connectivity index (χ1n) is 6.11. The summed E-state index contributed by atoms with van der Waals surface area (Å²) in [7, 11) is 4.23. The molecule has 98 valence electrons. The third-order valence-electron chi connectivity index (χ3n) is 3.88. The molecule has 0 saturated carbocycles. The second-order valence-electron chi connectivity index (χ2n) is 5.10. The Bertz CT molecular complexity index is 562. The Morgan fingerprint density at radius 2 is 2.11 bits per heavy atom. The number of likely N-dealkylation sites (N-methyl/N-ethyl adjacent to an activating group) is 1. The zero-order chi connectivity index (χ0) is 12.0. The number of halogens is 2. The molecule has 1 aromatic carbocycles. The van der Waals surface area contributed by atoms with Gasteiger partial charge in [0, 0.05) is 17.1 Å². The lowest BCUT2D eigenvalue weighted by atomic mass is 9.91.